The zero-order chi connectivity index (χ0) is 14.8. The van der Waals surface area contributed by atoms with Crippen LogP contribution in [0.2, 0.25) is 0 Å². The molecule has 1 saturated heterocycles. The highest BCUT2D eigenvalue weighted by Gasteiger charge is 2.38. The van der Waals surface area contributed by atoms with Crippen LogP contribution in [-0.4, -0.2) is 36.1 Å². The van der Waals surface area contributed by atoms with E-state index in [9.17, 15) is 0 Å². The minimum Gasteiger partial charge on any atom is -0.312 e. The Labute approximate surface area is 127 Å². The van der Waals surface area contributed by atoms with Crippen LogP contribution < -0.4 is 5.32 Å². The Kier molecular flexibility index (Phi) is 8.79. The monoisotopic (exact) mass is 282 g/mol. The van der Waals surface area contributed by atoms with Gasteiger partial charge >= 0.3 is 0 Å². The van der Waals surface area contributed by atoms with Gasteiger partial charge in [0.25, 0.3) is 0 Å². The Hall–Kier alpha value is -0.0800. The number of hydrogen-bond donors (Lipinski definition) is 1. The molecule has 1 aliphatic rings. The maximum atomic E-state index is 3.80. The molecule has 1 aliphatic heterocycles. The van der Waals surface area contributed by atoms with Gasteiger partial charge in [-0.3, -0.25) is 4.90 Å². The van der Waals surface area contributed by atoms with E-state index in [-0.39, 0.29) is 0 Å². The van der Waals surface area contributed by atoms with Gasteiger partial charge in [-0.25, -0.2) is 0 Å². The van der Waals surface area contributed by atoms with E-state index in [0.717, 1.165) is 6.54 Å². The second-order valence-electron chi connectivity index (χ2n) is 6.72. The highest BCUT2D eigenvalue weighted by Crippen LogP contribution is 2.30. The van der Waals surface area contributed by atoms with Gasteiger partial charge in [0, 0.05) is 11.6 Å². The molecule has 1 rings (SSSR count). The predicted octanol–water partition coefficient (Wildman–Crippen LogP) is 4.59. The first-order valence-corrected chi connectivity index (χ1v) is 9.17. The lowest BCUT2D eigenvalue weighted by Crippen LogP contribution is -2.58. The van der Waals surface area contributed by atoms with Gasteiger partial charge in [-0.2, -0.15) is 0 Å². The quantitative estimate of drug-likeness (QED) is 0.558. The molecule has 2 unspecified atom stereocenters. The first-order valence-electron chi connectivity index (χ1n) is 9.17. The van der Waals surface area contributed by atoms with Crippen molar-refractivity contribution in [2.45, 2.75) is 97.1 Å². The summed E-state index contributed by atoms with van der Waals surface area (Å²) in [5, 5.41) is 3.80. The molecule has 0 radical (unpaired) electrons. The van der Waals surface area contributed by atoms with Crippen molar-refractivity contribution in [2.24, 2.45) is 0 Å². The molecule has 0 amide bonds. The van der Waals surface area contributed by atoms with Crippen molar-refractivity contribution in [3.63, 3.8) is 0 Å². The van der Waals surface area contributed by atoms with E-state index < -0.39 is 0 Å². The lowest BCUT2D eigenvalue weighted by atomic mass is 9.84. The SMILES string of the molecule is CCCCCCCC(NCC)C(C)(CC)N1CCCC1. The number of likely N-dealkylation sites (tertiary alicyclic amines) is 1. The number of nitrogens with zero attached hydrogens (tertiary/aromatic N) is 1. The van der Waals surface area contributed by atoms with E-state index >= 15 is 0 Å². The van der Waals surface area contributed by atoms with Gasteiger partial charge in [-0.05, 0) is 52.2 Å². The van der Waals surface area contributed by atoms with E-state index in [2.05, 4.69) is 37.9 Å². The fraction of sp³-hybridized carbons (Fsp3) is 1.00. The highest BCUT2D eigenvalue weighted by atomic mass is 15.2. The third kappa shape index (κ3) is 5.04. The third-order valence-corrected chi connectivity index (χ3v) is 5.34. The highest BCUT2D eigenvalue weighted by molar-refractivity contribution is 4.97. The number of nitrogens with one attached hydrogen (secondary N) is 1. The first-order chi connectivity index (χ1) is 9.69. The second-order valence-corrected chi connectivity index (χ2v) is 6.72. The summed E-state index contributed by atoms with van der Waals surface area (Å²) in [6.07, 6.45) is 12.4. The largest absolute Gasteiger partial charge is 0.312 e. The van der Waals surface area contributed by atoms with Crippen LogP contribution in [-0.2, 0) is 0 Å². The zero-order valence-electron chi connectivity index (χ0n) is 14.5. The summed E-state index contributed by atoms with van der Waals surface area (Å²) in [4.78, 5) is 2.76. The fourth-order valence-electron chi connectivity index (χ4n) is 3.75. The zero-order valence-corrected chi connectivity index (χ0v) is 14.5. The maximum absolute atomic E-state index is 3.80. The molecule has 0 aromatic carbocycles. The van der Waals surface area contributed by atoms with Gasteiger partial charge < -0.3 is 5.32 Å². The predicted molar refractivity (Wildman–Crippen MR) is 90.3 cm³/mol. The topological polar surface area (TPSA) is 15.3 Å². The molecule has 20 heavy (non-hydrogen) atoms. The van der Waals surface area contributed by atoms with Crippen molar-refractivity contribution >= 4 is 0 Å². The first kappa shape index (κ1) is 18.0. The summed E-state index contributed by atoms with van der Waals surface area (Å²) in [6, 6.07) is 0.664. The minimum atomic E-state index is 0.358. The van der Waals surface area contributed by atoms with Crippen LogP contribution in [0, 0.1) is 0 Å². The molecule has 0 saturated carbocycles. The molecule has 120 valence electrons. The average Bonchev–Trinajstić information content (AvgIpc) is 3.00. The summed E-state index contributed by atoms with van der Waals surface area (Å²) in [7, 11) is 0. The van der Waals surface area contributed by atoms with Crippen LogP contribution in [0.5, 0.6) is 0 Å². The van der Waals surface area contributed by atoms with E-state index in [0.29, 0.717) is 11.6 Å². The third-order valence-electron chi connectivity index (χ3n) is 5.34. The van der Waals surface area contributed by atoms with Gasteiger partial charge in [-0.1, -0.05) is 52.9 Å². The van der Waals surface area contributed by atoms with E-state index in [4.69, 9.17) is 0 Å². The molecule has 1 N–H and O–H groups in total. The van der Waals surface area contributed by atoms with Gasteiger partial charge in [0.15, 0.2) is 0 Å². The normalized spacial score (nSPS) is 21.0. The summed E-state index contributed by atoms with van der Waals surface area (Å²) in [5.74, 6) is 0. The maximum Gasteiger partial charge on any atom is 0.0331 e. The van der Waals surface area contributed by atoms with Crippen molar-refractivity contribution in [1.82, 2.24) is 10.2 Å². The molecule has 2 heteroatoms. The molecule has 0 aromatic rings. The van der Waals surface area contributed by atoms with E-state index in [1.54, 1.807) is 0 Å². The molecule has 2 nitrogen and oxygen atoms in total. The molecule has 1 heterocycles. The fourth-order valence-corrected chi connectivity index (χ4v) is 3.75. The van der Waals surface area contributed by atoms with E-state index in [1.165, 1.54) is 70.9 Å². The Morgan fingerprint density at radius 3 is 2.20 bits per heavy atom. The van der Waals surface area contributed by atoms with Crippen LogP contribution in [0.1, 0.15) is 85.5 Å². The summed E-state index contributed by atoms with van der Waals surface area (Å²) in [6.45, 7) is 13.1. The Balaban J connectivity index is 2.51. The van der Waals surface area contributed by atoms with Gasteiger partial charge in [0.2, 0.25) is 0 Å². The Bertz CT molecular complexity index is 236. The van der Waals surface area contributed by atoms with Crippen molar-refractivity contribution in [3.8, 4) is 0 Å². The summed E-state index contributed by atoms with van der Waals surface area (Å²) >= 11 is 0. The molecular formula is C18H38N2. The van der Waals surface area contributed by atoms with Gasteiger partial charge in [0.1, 0.15) is 0 Å². The smallest absolute Gasteiger partial charge is 0.0331 e. The van der Waals surface area contributed by atoms with Crippen molar-refractivity contribution < 1.29 is 0 Å². The summed E-state index contributed by atoms with van der Waals surface area (Å²) < 4.78 is 0. The molecule has 1 fully saturated rings. The van der Waals surface area contributed by atoms with Gasteiger partial charge in [0.05, 0.1) is 0 Å². The average molecular weight is 283 g/mol. The minimum absolute atomic E-state index is 0.358. The van der Waals surface area contributed by atoms with Crippen molar-refractivity contribution in [3.05, 3.63) is 0 Å². The lowest BCUT2D eigenvalue weighted by molar-refractivity contribution is 0.0797. The van der Waals surface area contributed by atoms with Gasteiger partial charge in [-0.15, -0.1) is 0 Å². The van der Waals surface area contributed by atoms with E-state index in [1.807, 2.05) is 0 Å². The summed E-state index contributed by atoms with van der Waals surface area (Å²) in [5.41, 5.74) is 0.358. The standard InChI is InChI=1S/C18H38N2/c1-5-8-9-10-11-14-17(19-7-3)18(4,6-2)20-15-12-13-16-20/h17,19H,5-16H2,1-4H3. The number of hydrogen-bond acceptors (Lipinski definition) is 2. The molecular weight excluding hydrogens is 244 g/mol. The van der Waals surface area contributed by atoms with Crippen LogP contribution in [0.15, 0.2) is 0 Å². The van der Waals surface area contributed by atoms with Crippen molar-refractivity contribution in [1.29, 1.82) is 0 Å². The Morgan fingerprint density at radius 2 is 1.65 bits per heavy atom. The second kappa shape index (κ2) is 9.78. The molecule has 0 aromatic heterocycles. The van der Waals surface area contributed by atoms with Crippen molar-refractivity contribution in [2.75, 3.05) is 19.6 Å². The number of rotatable bonds is 11. The van der Waals surface area contributed by atoms with Crippen LogP contribution >= 0.6 is 0 Å². The number of likely N-dealkylation sites (N-methyl/N-ethyl adjacent to an activating group) is 1. The molecule has 2 atom stereocenters. The molecule has 0 bridgehead atoms. The number of unbranched alkanes of at least 4 members (excludes halogenated alkanes) is 4. The van der Waals surface area contributed by atoms with Crippen LogP contribution in [0.25, 0.3) is 0 Å². The van der Waals surface area contributed by atoms with Crippen LogP contribution in [0.4, 0.5) is 0 Å². The molecule has 0 spiro atoms. The molecule has 0 aliphatic carbocycles. The lowest BCUT2D eigenvalue weighted by Gasteiger charge is -2.45. The van der Waals surface area contributed by atoms with Crippen LogP contribution in [0.3, 0.4) is 0 Å². The Morgan fingerprint density at radius 1 is 1.00 bits per heavy atom.